The molecule has 1 N–H and O–H groups in total. The van der Waals surface area contributed by atoms with Crippen molar-refractivity contribution in [3.8, 4) is 5.75 Å². The van der Waals surface area contributed by atoms with E-state index >= 15 is 0 Å². The van der Waals surface area contributed by atoms with E-state index in [4.69, 9.17) is 16.3 Å². The molecular weight excluding hydrogens is 322 g/mol. The van der Waals surface area contributed by atoms with Gasteiger partial charge in [0, 0.05) is 10.7 Å². The third-order valence-electron chi connectivity index (χ3n) is 3.91. The summed E-state index contributed by atoms with van der Waals surface area (Å²) in [6.45, 7) is 9.90. The van der Waals surface area contributed by atoms with Crippen LogP contribution in [0.2, 0.25) is 5.02 Å². The lowest BCUT2D eigenvalue weighted by Crippen LogP contribution is -2.30. The smallest absolute Gasteiger partial charge is 0.265 e. The molecule has 3 nitrogen and oxygen atoms in total. The van der Waals surface area contributed by atoms with Crippen molar-refractivity contribution in [2.75, 3.05) is 5.32 Å². The SMILES string of the molecule is Cc1ccc(C(C)C)c(O[C@@H](C)C(=O)Nc2ccc(Cl)cc2C)c1. The van der Waals surface area contributed by atoms with Crippen molar-refractivity contribution in [3.05, 3.63) is 58.1 Å². The molecular formula is C20H24ClNO2. The molecule has 0 aliphatic heterocycles. The van der Waals surface area contributed by atoms with Crippen molar-refractivity contribution < 1.29 is 9.53 Å². The first-order valence-corrected chi connectivity index (χ1v) is 8.50. The summed E-state index contributed by atoms with van der Waals surface area (Å²) >= 11 is 5.95. The first kappa shape index (κ1) is 18.3. The van der Waals surface area contributed by atoms with Crippen LogP contribution in [0.1, 0.15) is 43.4 Å². The van der Waals surface area contributed by atoms with Crippen LogP contribution in [0, 0.1) is 13.8 Å². The van der Waals surface area contributed by atoms with E-state index < -0.39 is 6.10 Å². The van der Waals surface area contributed by atoms with Gasteiger partial charge in [0.1, 0.15) is 5.75 Å². The number of carbonyl (C=O) groups is 1. The normalized spacial score (nSPS) is 12.1. The van der Waals surface area contributed by atoms with Gasteiger partial charge in [-0.25, -0.2) is 0 Å². The number of halogens is 1. The molecule has 2 rings (SSSR count). The van der Waals surface area contributed by atoms with Gasteiger partial charge in [0.25, 0.3) is 5.91 Å². The van der Waals surface area contributed by atoms with Gasteiger partial charge in [0.2, 0.25) is 0 Å². The van der Waals surface area contributed by atoms with E-state index in [0.717, 1.165) is 28.1 Å². The lowest BCUT2D eigenvalue weighted by molar-refractivity contribution is -0.122. The van der Waals surface area contributed by atoms with Crippen molar-refractivity contribution in [2.24, 2.45) is 0 Å². The Hall–Kier alpha value is -2.00. The molecule has 4 heteroatoms. The average Bonchev–Trinajstić information content (AvgIpc) is 2.49. The maximum Gasteiger partial charge on any atom is 0.265 e. The fraction of sp³-hybridized carbons (Fsp3) is 0.350. The Morgan fingerprint density at radius 3 is 2.42 bits per heavy atom. The number of hydrogen-bond donors (Lipinski definition) is 1. The molecule has 0 unspecified atom stereocenters. The third-order valence-corrected chi connectivity index (χ3v) is 4.15. The van der Waals surface area contributed by atoms with Crippen molar-refractivity contribution in [1.29, 1.82) is 0 Å². The number of aryl methyl sites for hydroxylation is 2. The van der Waals surface area contributed by atoms with E-state index in [2.05, 4.69) is 31.3 Å². The number of hydrogen-bond acceptors (Lipinski definition) is 2. The highest BCUT2D eigenvalue weighted by molar-refractivity contribution is 6.30. The van der Waals surface area contributed by atoms with Crippen LogP contribution in [0.25, 0.3) is 0 Å². The van der Waals surface area contributed by atoms with Gasteiger partial charge in [-0.05, 0) is 67.6 Å². The predicted octanol–water partition coefficient (Wildman–Crippen LogP) is 5.49. The number of nitrogens with one attached hydrogen (secondary N) is 1. The maximum absolute atomic E-state index is 12.5. The Kier molecular flexibility index (Phi) is 5.89. The molecule has 128 valence electrons. The summed E-state index contributed by atoms with van der Waals surface area (Å²) in [7, 11) is 0. The monoisotopic (exact) mass is 345 g/mol. The van der Waals surface area contributed by atoms with Crippen LogP contribution in [0.4, 0.5) is 5.69 Å². The minimum atomic E-state index is -0.598. The number of anilines is 1. The summed E-state index contributed by atoms with van der Waals surface area (Å²) in [6.07, 6.45) is -0.598. The van der Waals surface area contributed by atoms with E-state index in [1.54, 1.807) is 19.1 Å². The Morgan fingerprint density at radius 1 is 1.08 bits per heavy atom. The number of carbonyl (C=O) groups excluding carboxylic acids is 1. The topological polar surface area (TPSA) is 38.3 Å². The minimum Gasteiger partial charge on any atom is -0.481 e. The van der Waals surface area contributed by atoms with E-state index in [9.17, 15) is 4.79 Å². The molecule has 2 aromatic rings. The molecule has 1 amide bonds. The first-order chi connectivity index (χ1) is 11.3. The van der Waals surface area contributed by atoms with E-state index in [-0.39, 0.29) is 5.91 Å². The summed E-state index contributed by atoms with van der Waals surface area (Å²) < 4.78 is 5.95. The second kappa shape index (κ2) is 7.71. The van der Waals surface area contributed by atoms with Crippen LogP contribution in [0.5, 0.6) is 5.75 Å². The lowest BCUT2D eigenvalue weighted by Gasteiger charge is -2.20. The zero-order valence-corrected chi connectivity index (χ0v) is 15.6. The predicted molar refractivity (Wildman–Crippen MR) is 100 cm³/mol. The first-order valence-electron chi connectivity index (χ1n) is 8.12. The van der Waals surface area contributed by atoms with Crippen molar-refractivity contribution >= 4 is 23.2 Å². The summed E-state index contributed by atoms with van der Waals surface area (Å²) in [5.74, 6) is 0.909. The van der Waals surface area contributed by atoms with Crippen molar-refractivity contribution in [2.45, 2.75) is 46.6 Å². The van der Waals surface area contributed by atoms with Gasteiger partial charge < -0.3 is 10.1 Å². The Bertz CT molecular complexity index is 740. The second-order valence-electron chi connectivity index (χ2n) is 6.40. The summed E-state index contributed by atoms with van der Waals surface area (Å²) in [5.41, 5.74) is 3.87. The van der Waals surface area contributed by atoms with E-state index in [0.29, 0.717) is 10.9 Å². The summed E-state index contributed by atoms with van der Waals surface area (Å²) in [4.78, 5) is 12.5. The highest BCUT2D eigenvalue weighted by Crippen LogP contribution is 2.28. The Labute approximate surface area is 149 Å². The van der Waals surface area contributed by atoms with Crippen LogP contribution in [-0.2, 0) is 4.79 Å². The number of rotatable bonds is 5. The maximum atomic E-state index is 12.5. The van der Waals surface area contributed by atoms with E-state index in [1.807, 2.05) is 26.0 Å². The van der Waals surface area contributed by atoms with Crippen LogP contribution in [-0.4, -0.2) is 12.0 Å². The quantitative estimate of drug-likeness (QED) is 0.778. The van der Waals surface area contributed by atoms with Gasteiger partial charge in [-0.3, -0.25) is 4.79 Å². The molecule has 0 fully saturated rings. The molecule has 0 saturated carbocycles. The summed E-state index contributed by atoms with van der Waals surface area (Å²) in [6, 6.07) is 11.5. The fourth-order valence-electron chi connectivity index (χ4n) is 2.47. The van der Waals surface area contributed by atoms with Crippen LogP contribution in [0.15, 0.2) is 36.4 Å². The fourth-order valence-corrected chi connectivity index (χ4v) is 2.69. The van der Waals surface area contributed by atoms with Crippen LogP contribution in [0.3, 0.4) is 0 Å². The molecule has 0 bridgehead atoms. The second-order valence-corrected chi connectivity index (χ2v) is 6.84. The van der Waals surface area contributed by atoms with Gasteiger partial charge in [-0.2, -0.15) is 0 Å². The standard InChI is InChI=1S/C20H24ClNO2/c1-12(2)17-8-6-13(3)10-19(17)24-15(5)20(23)22-18-9-7-16(21)11-14(18)4/h6-12,15H,1-5H3,(H,22,23)/t15-/m0/s1. The molecule has 0 aromatic heterocycles. The molecule has 0 spiro atoms. The highest BCUT2D eigenvalue weighted by atomic mass is 35.5. The van der Waals surface area contributed by atoms with Gasteiger partial charge in [-0.15, -0.1) is 0 Å². The number of amides is 1. The van der Waals surface area contributed by atoms with Crippen molar-refractivity contribution in [1.82, 2.24) is 0 Å². The van der Waals surface area contributed by atoms with Gasteiger partial charge in [0.15, 0.2) is 6.10 Å². The molecule has 0 saturated heterocycles. The molecule has 0 radical (unpaired) electrons. The van der Waals surface area contributed by atoms with Gasteiger partial charge >= 0.3 is 0 Å². The third kappa shape index (κ3) is 4.51. The largest absolute Gasteiger partial charge is 0.481 e. The van der Waals surface area contributed by atoms with Crippen LogP contribution >= 0.6 is 11.6 Å². The summed E-state index contributed by atoms with van der Waals surface area (Å²) in [5, 5.41) is 3.55. The molecule has 24 heavy (non-hydrogen) atoms. The minimum absolute atomic E-state index is 0.184. The zero-order valence-electron chi connectivity index (χ0n) is 14.8. The number of benzene rings is 2. The van der Waals surface area contributed by atoms with Crippen molar-refractivity contribution in [3.63, 3.8) is 0 Å². The number of ether oxygens (including phenoxy) is 1. The molecule has 2 aromatic carbocycles. The molecule has 0 heterocycles. The Morgan fingerprint density at radius 2 is 1.79 bits per heavy atom. The highest BCUT2D eigenvalue weighted by Gasteiger charge is 2.18. The van der Waals surface area contributed by atoms with Gasteiger partial charge in [-0.1, -0.05) is 37.6 Å². The van der Waals surface area contributed by atoms with E-state index in [1.165, 1.54) is 0 Å². The zero-order chi connectivity index (χ0) is 17.9. The molecule has 0 aliphatic rings. The van der Waals surface area contributed by atoms with Gasteiger partial charge in [0.05, 0.1) is 0 Å². The Balaban J connectivity index is 2.13. The van der Waals surface area contributed by atoms with Crippen LogP contribution < -0.4 is 10.1 Å². The molecule has 1 atom stereocenters. The lowest BCUT2D eigenvalue weighted by atomic mass is 10.0. The average molecular weight is 346 g/mol. The molecule has 0 aliphatic carbocycles.